The van der Waals surface area contributed by atoms with Gasteiger partial charge in [0, 0.05) is 0 Å². The van der Waals surface area contributed by atoms with Crippen LogP contribution < -0.4 is 10.6 Å². The third-order valence-corrected chi connectivity index (χ3v) is 0.970. The first kappa shape index (κ1) is 6.69. The minimum Gasteiger partial charge on any atom is -0.375 e. The van der Waals surface area contributed by atoms with Gasteiger partial charge in [0.05, 0.1) is 0 Å². The molecule has 1 atom stereocenters. The molecular formula is C4H4N2O4. The lowest BCUT2D eigenvalue weighted by molar-refractivity contribution is -0.141. The smallest absolute Gasteiger partial charge is 0.328 e. The molecule has 1 fully saturated rings. The van der Waals surface area contributed by atoms with Gasteiger partial charge in [-0.3, -0.25) is 20.2 Å². The van der Waals surface area contributed by atoms with Crippen molar-refractivity contribution in [3.05, 3.63) is 0 Å². The third-order valence-electron chi connectivity index (χ3n) is 0.970. The third kappa shape index (κ3) is 0.960. The number of carbonyl (C=O) groups is 3. The van der Waals surface area contributed by atoms with Gasteiger partial charge in [-0.15, -0.1) is 0 Å². The van der Waals surface area contributed by atoms with Crippen molar-refractivity contribution in [1.29, 1.82) is 0 Å². The van der Waals surface area contributed by atoms with E-state index in [1.54, 1.807) is 10.6 Å². The van der Waals surface area contributed by atoms with E-state index in [0.717, 1.165) is 0 Å². The van der Waals surface area contributed by atoms with E-state index in [1.807, 2.05) is 0 Å². The van der Waals surface area contributed by atoms with Crippen molar-refractivity contribution in [1.82, 2.24) is 10.6 Å². The van der Waals surface area contributed by atoms with E-state index in [-0.39, 0.29) is 0 Å². The number of aliphatic hydroxyl groups excluding tert-OH is 1. The van der Waals surface area contributed by atoms with Crippen LogP contribution in [0, 0.1) is 0 Å². The van der Waals surface area contributed by atoms with Crippen LogP contribution in [-0.4, -0.2) is 29.1 Å². The zero-order valence-electron chi connectivity index (χ0n) is 4.75. The van der Waals surface area contributed by atoms with Gasteiger partial charge in [0.15, 0.2) is 0 Å². The Morgan fingerprint density at radius 2 is 1.50 bits per heavy atom. The molecule has 0 radical (unpaired) electrons. The Labute approximate surface area is 55.2 Å². The Balaban J connectivity index is 2.76. The van der Waals surface area contributed by atoms with E-state index in [9.17, 15) is 14.4 Å². The summed E-state index contributed by atoms with van der Waals surface area (Å²) in [4.78, 5) is 31.0. The summed E-state index contributed by atoms with van der Waals surface area (Å²) in [6.45, 7) is 0. The van der Waals surface area contributed by atoms with Crippen molar-refractivity contribution in [2.24, 2.45) is 0 Å². The molecule has 1 aliphatic heterocycles. The van der Waals surface area contributed by atoms with E-state index in [0.29, 0.717) is 0 Å². The lowest BCUT2D eigenvalue weighted by Crippen LogP contribution is -2.58. The number of nitrogens with one attached hydrogen (secondary N) is 2. The fourth-order valence-electron chi connectivity index (χ4n) is 0.511. The van der Waals surface area contributed by atoms with Gasteiger partial charge in [-0.1, -0.05) is 0 Å². The van der Waals surface area contributed by atoms with Crippen molar-refractivity contribution in [3.63, 3.8) is 0 Å². The largest absolute Gasteiger partial charge is 0.375 e. The first-order valence-corrected chi connectivity index (χ1v) is 2.45. The zero-order chi connectivity index (χ0) is 7.72. The summed E-state index contributed by atoms with van der Waals surface area (Å²) in [6.07, 6.45) is -1.77. The number of imide groups is 2. The molecule has 1 rings (SSSR count). The zero-order valence-corrected chi connectivity index (χ0v) is 4.75. The van der Waals surface area contributed by atoms with Crippen LogP contribution in [0.25, 0.3) is 0 Å². The summed E-state index contributed by atoms with van der Waals surface area (Å²) in [5.41, 5.74) is 0. The number of amides is 4. The molecule has 4 amide bonds. The van der Waals surface area contributed by atoms with Gasteiger partial charge in [0.2, 0.25) is 6.10 Å². The van der Waals surface area contributed by atoms with Crippen LogP contribution in [0.15, 0.2) is 0 Å². The minimum atomic E-state index is -1.77. The predicted octanol–water partition coefficient (Wildman–Crippen LogP) is -2.29. The van der Waals surface area contributed by atoms with Crippen LogP contribution in [0.1, 0.15) is 0 Å². The Morgan fingerprint density at radius 3 is 1.90 bits per heavy atom. The number of hydrogen-bond donors (Lipinski definition) is 3. The van der Waals surface area contributed by atoms with Crippen LogP contribution in [0.2, 0.25) is 0 Å². The second-order valence-electron chi connectivity index (χ2n) is 1.71. The van der Waals surface area contributed by atoms with Gasteiger partial charge < -0.3 is 5.11 Å². The summed E-state index contributed by atoms with van der Waals surface area (Å²) in [5, 5.41) is 12.0. The average Bonchev–Trinajstić information content (AvgIpc) is 1.82. The molecule has 6 nitrogen and oxygen atoms in total. The Morgan fingerprint density at radius 1 is 1.10 bits per heavy atom. The first-order valence-electron chi connectivity index (χ1n) is 2.45. The Bertz CT molecular complexity index is 191. The highest BCUT2D eigenvalue weighted by Gasteiger charge is 2.31. The van der Waals surface area contributed by atoms with Crippen LogP contribution >= 0.6 is 0 Å². The molecule has 0 aromatic rings. The maximum Gasteiger partial charge on any atom is 0.328 e. The second-order valence-corrected chi connectivity index (χ2v) is 1.71. The van der Waals surface area contributed by atoms with Crippen LogP contribution in [0.5, 0.6) is 0 Å². The standard InChI is InChI=1S/C4H4N2O4/c7-1-2(8)5-4(10)6-3(1)9/h1,7H,(H2,5,6,8,9,10)/i2+1,4+1,5+0,6+0. The molecular weight excluding hydrogens is 142 g/mol. The predicted molar refractivity (Wildman–Crippen MR) is 27.7 cm³/mol. The molecule has 54 valence electrons. The molecule has 0 aromatic carbocycles. The summed E-state index contributed by atoms with van der Waals surface area (Å²) in [7, 11) is 0. The molecule has 3 N–H and O–H groups in total. The summed E-state index contributed by atoms with van der Waals surface area (Å²) >= 11 is 0. The van der Waals surface area contributed by atoms with Gasteiger partial charge in [-0.05, 0) is 0 Å². The summed E-state index contributed by atoms with van der Waals surface area (Å²) in [5.74, 6) is -1.98. The van der Waals surface area contributed by atoms with Gasteiger partial charge >= 0.3 is 6.03 Å². The number of hydrogen-bond acceptors (Lipinski definition) is 4. The lowest BCUT2D eigenvalue weighted by Gasteiger charge is -2.15. The molecule has 0 saturated carbocycles. The summed E-state index contributed by atoms with van der Waals surface area (Å²) in [6, 6.07) is -0.903. The van der Waals surface area contributed by atoms with Crippen LogP contribution in [-0.2, 0) is 9.59 Å². The van der Waals surface area contributed by atoms with Gasteiger partial charge in [0.1, 0.15) is 0 Å². The van der Waals surface area contributed by atoms with Crippen LogP contribution in [0.3, 0.4) is 0 Å². The molecule has 0 bridgehead atoms. The quantitative estimate of drug-likeness (QED) is 0.265. The van der Waals surface area contributed by atoms with E-state index in [2.05, 4.69) is 0 Å². The number of urea groups is 1. The van der Waals surface area contributed by atoms with E-state index in [4.69, 9.17) is 5.11 Å². The van der Waals surface area contributed by atoms with E-state index >= 15 is 0 Å². The number of aliphatic hydroxyl groups is 1. The Hall–Kier alpha value is -1.43. The highest BCUT2D eigenvalue weighted by Crippen LogP contribution is 1.88. The molecule has 1 heterocycles. The van der Waals surface area contributed by atoms with Crippen molar-refractivity contribution < 1.29 is 19.5 Å². The lowest BCUT2D eigenvalue weighted by atomic mass is 10.5. The fraction of sp³-hybridized carbons (Fsp3) is 0.250. The number of carbonyl (C=O) groups excluding carboxylic acids is 3. The van der Waals surface area contributed by atoms with E-state index < -0.39 is 23.9 Å². The normalized spacial score (nSPS) is 25.7. The summed E-state index contributed by atoms with van der Waals surface area (Å²) < 4.78 is 0. The minimum absolute atomic E-state index is 0.903. The Kier molecular flexibility index (Phi) is 1.38. The molecule has 10 heavy (non-hydrogen) atoms. The molecule has 1 aliphatic rings. The molecule has 6 heteroatoms. The van der Waals surface area contributed by atoms with E-state index in [1.165, 1.54) is 0 Å². The van der Waals surface area contributed by atoms with Crippen molar-refractivity contribution >= 4 is 17.8 Å². The number of rotatable bonds is 0. The second kappa shape index (κ2) is 2.07. The van der Waals surface area contributed by atoms with Gasteiger partial charge in [-0.25, -0.2) is 4.79 Å². The molecule has 0 aromatic heterocycles. The SMILES string of the molecule is O=C1[14NH][13C](=O)[14NH][13C](=O)C1O. The highest BCUT2D eigenvalue weighted by molar-refractivity contribution is 6.17. The maximum atomic E-state index is 10.4. The average molecular weight is 146 g/mol. The molecule has 0 spiro atoms. The van der Waals surface area contributed by atoms with Crippen LogP contribution in [0.4, 0.5) is 4.79 Å². The fourth-order valence-corrected chi connectivity index (χ4v) is 0.511. The molecule has 1 unspecified atom stereocenters. The van der Waals surface area contributed by atoms with Crippen molar-refractivity contribution in [3.8, 4) is 0 Å². The highest BCUT2D eigenvalue weighted by atomic mass is 16.3. The monoisotopic (exact) mass is 146 g/mol. The van der Waals surface area contributed by atoms with Crippen molar-refractivity contribution in [2.45, 2.75) is 6.10 Å². The topological polar surface area (TPSA) is 95.5 Å². The first-order chi connectivity index (χ1) is 4.61. The van der Waals surface area contributed by atoms with Gasteiger partial charge in [0.25, 0.3) is 11.8 Å². The number of barbiturate groups is 1. The van der Waals surface area contributed by atoms with Crippen molar-refractivity contribution in [2.75, 3.05) is 0 Å². The maximum absolute atomic E-state index is 10.4. The van der Waals surface area contributed by atoms with Gasteiger partial charge in [-0.2, -0.15) is 0 Å². The molecule has 0 aliphatic carbocycles. The molecule has 1 saturated heterocycles.